The Labute approximate surface area is 148 Å². The number of aromatic nitrogens is 1. The van der Waals surface area contributed by atoms with Crippen molar-refractivity contribution in [2.75, 3.05) is 7.11 Å². The summed E-state index contributed by atoms with van der Waals surface area (Å²) in [7, 11) is 1.14. The third-order valence-electron chi connectivity index (χ3n) is 4.40. The Morgan fingerprint density at radius 1 is 1.40 bits per heavy atom. The number of ether oxygens (including phenoxy) is 1. The predicted molar refractivity (Wildman–Crippen MR) is 89.8 cm³/mol. The SMILES string of the molecule is COC(=O)C1=C(O)c2cccn2C(C)(Cc2ccc(F)c(Cl)c2)C1=O. The van der Waals surface area contributed by atoms with Gasteiger partial charge in [-0.15, -0.1) is 0 Å². The van der Waals surface area contributed by atoms with Gasteiger partial charge in [-0.25, -0.2) is 9.18 Å². The summed E-state index contributed by atoms with van der Waals surface area (Å²) in [5.74, 6) is -2.46. The van der Waals surface area contributed by atoms with Gasteiger partial charge in [-0.2, -0.15) is 0 Å². The third-order valence-corrected chi connectivity index (χ3v) is 4.69. The van der Waals surface area contributed by atoms with Crippen molar-refractivity contribution in [2.45, 2.75) is 18.9 Å². The van der Waals surface area contributed by atoms with Gasteiger partial charge in [0.1, 0.15) is 16.9 Å². The molecule has 1 aromatic heterocycles. The van der Waals surface area contributed by atoms with Gasteiger partial charge >= 0.3 is 5.97 Å². The van der Waals surface area contributed by atoms with E-state index >= 15 is 0 Å². The lowest BCUT2D eigenvalue weighted by Gasteiger charge is -2.35. The van der Waals surface area contributed by atoms with Crippen LogP contribution in [0.4, 0.5) is 4.39 Å². The zero-order valence-electron chi connectivity index (χ0n) is 13.5. The van der Waals surface area contributed by atoms with E-state index in [0.717, 1.165) is 7.11 Å². The zero-order chi connectivity index (χ0) is 18.4. The average molecular weight is 364 g/mol. The van der Waals surface area contributed by atoms with Crippen LogP contribution in [0.25, 0.3) is 5.76 Å². The van der Waals surface area contributed by atoms with Gasteiger partial charge in [-0.3, -0.25) is 4.79 Å². The van der Waals surface area contributed by atoms with Gasteiger partial charge in [0.25, 0.3) is 0 Å². The molecule has 25 heavy (non-hydrogen) atoms. The van der Waals surface area contributed by atoms with Gasteiger partial charge in [0.2, 0.25) is 0 Å². The topological polar surface area (TPSA) is 68.5 Å². The molecule has 0 amide bonds. The van der Waals surface area contributed by atoms with Crippen molar-refractivity contribution in [1.29, 1.82) is 0 Å². The van der Waals surface area contributed by atoms with Crippen LogP contribution in [0.1, 0.15) is 18.2 Å². The number of methoxy groups -OCH3 is 1. The largest absolute Gasteiger partial charge is 0.505 e. The van der Waals surface area contributed by atoms with E-state index < -0.39 is 34.4 Å². The lowest BCUT2D eigenvalue weighted by Crippen LogP contribution is -2.47. The molecule has 1 aliphatic rings. The summed E-state index contributed by atoms with van der Waals surface area (Å²) >= 11 is 5.83. The molecule has 1 atom stereocenters. The number of nitrogens with zero attached hydrogens (tertiary/aromatic N) is 1. The summed E-state index contributed by atoms with van der Waals surface area (Å²) in [6.45, 7) is 1.64. The number of carbonyl (C=O) groups excluding carboxylic acids is 2. The highest BCUT2D eigenvalue weighted by Gasteiger charge is 2.46. The van der Waals surface area contributed by atoms with Crippen molar-refractivity contribution >= 4 is 29.1 Å². The van der Waals surface area contributed by atoms with Crippen LogP contribution in [0, 0.1) is 5.82 Å². The molecule has 1 aromatic carbocycles. The van der Waals surface area contributed by atoms with Crippen molar-refractivity contribution < 1.29 is 23.8 Å². The normalized spacial score (nSPS) is 19.8. The van der Waals surface area contributed by atoms with Crippen LogP contribution < -0.4 is 0 Å². The van der Waals surface area contributed by atoms with Gasteiger partial charge in [-0.1, -0.05) is 17.7 Å². The van der Waals surface area contributed by atoms with Crippen LogP contribution >= 0.6 is 11.6 Å². The second-order valence-electron chi connectivity index (χ2n) is 6.01. The Balaban J connectivity index is 2.13. The Bertz CT molecular complexity index is 918. The minimum absolute atomic E-state index is 0.0522. The summed E-state index contributed by atoms with van der Waals surface area (Å²) in [6, 6.07) is 7.45. The molecule has 0 aliphatic carbocycles. The molecule has 2 aromatic rings. The molecule has 5 nitrogen and oxygen atoms in total. The van der Waals surface area contributed by atoms with E-state index in [-0.39, 0.29) is 11.4 Å². The van der Waals surface area contributed by atoms with Crippen LogP contribution in [0.15, 0.2) is 42.1 Å². The molecule has 0 spiro atoms. The number of aliphatic hydroxyl groups excluding tert-OH is 1. The number of ketones is 1. The first kappa shape index (κ1) is 17.2. The molecule has 1 aliphatic heterocycles. The Morgan fingerprint density at radius 3 is 2.76 bits per heavy atom. The second-order valence-corrected chi connectivity index (χ2v) is 6.41. The van der Waals surface area contributed by atoms with Crippen LogP contribution in [0.2, 0.25) is 5.02 Å². The number of fused-ring (bicyclic) bond motifs is 1. The number of hydrogen-bond acceptors (Lipinski definition) is 4. The smallest absolute Gasteiger partial charge is 0.345 e. The zero-order valence-corrected chi connectivity index (χ0v) is 14.3. The number of rotatable bonds is 3. The van der Waals surface area contributed by atoms with Gasteiger partial charge < -0.3 is 14.4 Å². The molecule has 1 unspecified atom stereocenters. The highest BCUT2D eigenvalue weighted by atomic mass is 35.5. The Kier molecular flexibility index (Phi) is 4.16. The lowest BCUT2D eigenvalue weighted by atomic mass is 9.81. The maximum atomic E-state index is 13.4. The number of carbonyl (C=O) groups is 2. The molecule has 3 rings (SSSR count). The number of aliphatic hydroxyl groups is 1. The summed E-state index contributed by atoms with van der Waals surface area (Å²) in [4.78, 5) is 25.0. The molecule has 0 radical (unpaired) electrons. The second kappa shape index (κ2) is 6.04. The van der Waals surface area contributed by atoms with E-state index in [1.165, 1.54) is 18.2 Å². The van der Waals surface area contributed by atoms with Gasteiger partial charge in [0.15, 0.2) is 11.5 Å². The van der Waals surface area contributed by atoms with Gasteiger partial charge in [-0.05, 0) is 36.8 Å². The van der Waals surface area contributed by atoms with E-state index in [1.54, 1.807) is 29.8 Å². The molecule has 130 valence electrons. The minimum atomic E-state index is -1.20. The molecular formula is C18H15ClFNO4. The van der Waals surface area contributed by atoms with Crippen LogP contribution in [-0.2, 0) is 26.3 Å². The first-order valence-electron chi connectivity index (χ1n) is 7.48. The fourth-order valence-corrected chi connectivity index (χ4v) is 3.33. The summed E-state index contributed by atoms with van der Waals surface area (Å²) < 4.78 is 19.6. The van der Waals surface area contributed by atoms with E-state index in [0.29, 0.717) is 11.3 Å². The van der Waals surface area contributed by atoms with Crippen LogP contribution in [-0.4, -0.2) is 28.5 Å². The highest BCUT2D eigenvalue weighted by Crippen LogP contribution is 2.37. The summed E-state index contributed by atoms with van der Waals surface area (Å²) in [5.41, 5.74) is -0.650. The molecule has 0 saturated heterocycles. The van der Waals surface area contributed by atoms with E-state index in [1.807, 2.05) is 0 Å². The number of Topliss-reactive ketones (excluding diaryl/α,β-unsaturated/α-hetero) is 1. The fourth-order valence-electron chi connectivity index (χ4n) is 3.12. The first-order valence-corrected chi connectivity index (χ1v) is 7.86. The fraction of sp³-hybridized carbons (Fsp3) is 0.222. The number of benzene rings is 1. The molecule has 1 N–H and O–H groups in total. The van der Waals surface area contributed by atoms with Crippen molar-refractivity contribution in [3.05, 3.63) is 64.2 Å². The quantitative estimate of drug-likeness (QED) is 0.671. The van der Waals surface area contributed by atoms with Crippen molar-refractivity contribution in [3.8, 4) is 0 Å². The van der Waals surface area contributed by atoms with E-state index in [2.05, 4.69) is 4.74 Å². The molecule has 0 bridgehead atoms. The van der Waals surface area contributed by atoms with Crippen molar-refractivity contribution in [1.82, 2.24) is 4.57 Å². The van der Waals surface area contributed by atoms with E-state index in [4.69, 9.17) is 11.6 Å². The highest BCUT2D eigenvalue weighted by molar-refractivity contribution is 6.30. The average Bonchev–Trinajstić information content (AvgIpc) is 3.07. The number of esters is 1. The lowest BCUT2D eigenvalue weighted by molar-refractivity contribution is -0.139. The number of halogens is 2. The first-order chi connectivity index (χ1) is 11.8. The Morgan fingerprint density at radius 2 is 2.12 bits per heavy atom. The molecule has 0 fully saturated rings. The summed E-state index contributed by atoms with van der Waals surface area (Å²) in [6.07, 6.45) is 1.80. The third kappa shape index (κ3) is 2.62. The monoisotopic (exact) mass is 363 g/mol. The maximum absolute atomic E-state index is 13.4. The van der Waals surface area contributed by atoms with E-state index in [9.17, 15) is 19.1 Å². The molecule has 0 saturated carbocycles. The van der Waals surface area contributed by atoms with Crippen LogP contribution in [0.5, 0.6) is 0 Å². The van der Waals surface area contributed by atoms with Crippen LogP contribution in [0.3, 0.4) is 0 Å². The van der Waals surface area contributed by atoms with Gasteiger partial charge in [0.05, 0.1) is 17.8 Å². The number of hydrogen-bond donors (Lipinski definition) is 1. The van der Waals surface area contributed by atoms with Gasteiger partial charge in [0, 0.05) is 12.6 Å². The minimum Gasteiger partial charge on any atom is -0.505 e. The standard InChI is InChI=1S/C18H15ClFNO4/c1-18(9-10-5-6-12(20)11(19)8-10)16(23)14(17(24)25-2)15(22)13-4-3-7-21(13)18/h3-8,22H,9H2,1-2H3. The van der Waals surface area contributed by atoms with Crippen molar-refractivity contribution in [3.63, 3.8) is 0 Å². The predicted octanol–water partition coefficient (Wildman–Crippen LogP) is 3.26. The molecule has 7 heteroatoms. The molecule has 2 heterocycles. The van der Waals surface area contributed by atoms with Crippen molar-refractivity contribution in [2.24, 2.45) is 0 Å². The summed E-state index contributed by atoms with van der Waals surface area (Å²) in [5, 5.41) is 10.3. The molecular weight excluding hydrogens is 349 g/mol. The Hall–Kier alpha value is -2.60. The maximum Gasteiger partial charge on any atom is 0.345 e.